The molecule has 0 unspecified atom stereocenters. The average Bonchev–Trinajstić information content (AvgIpc) is 3.21. The van der Waals surface area contributed by atoms with Gasteiger partial charge in [-0.2, -0.15) is 10.1 Å². The van der Waals surface area contributed by atoms with Gasteiger partial charge in [-0.25, -0.2) is 4.79 Å². The molecule has 0 bridgehead atoms. The van der Waals surface area contributed by atoms with Gasteiger partial charge in [-0.05, 0) is 55.0 Å². The fraction of sp³-hybridized carbons (Fsp3) is 0.0833. The summed E-state index contributed by atoms with van der Waals surface area (Å²) in [7, 11) is 0. The van der Waals surface area contributed by atoms with Crippen LogP contribution in [0.15, 0.2) is 77.5 Å². The van der Waals surface area contributed by atoms with Crippen molar-refractivity contribution in [1.29, 1.82) is 0 Å². The minimum absolute atomic E-state index is 0.0477. The quantitative estimate of drug-likeness (QED) is 0.419. The summed E-state index contributed by atoms with van der Waals surface area (Å²) in [6.07, 6.45) is 1.10. The van der Waals surface area contributed by atoms with Crippen LogP contribution in [-0.4, -0.2) is 28.5 Å². The number of para-hydroxylation sites is 1. The molecular formula is C24H17N3O6. The summed E-state index contributed by atoms with van der Waals surface area (Å²) in [5.41, 5.74) is 2.92. The Balaban J connectivity index is 1.62. The Morgan fingerprint density at radius 3 is 2.45 bits per heavy atom. The highest BCUT2D eigenvalue weighted by atomic mass is 16.7. The highest BCUT2D eigenvalue weighted by molar-refractivity contribution is 6.16. The van der Waals surface area contributed by atoms with Crippen molar-refractivity contribution in [1.82, 2.24) is 5.01 Å². The lowest BCUT2D eigenvalue weighted by atomic mass is 9.96. The molecule has 2 aliphatic rings. The number of amides is 1. The molecule has 9 heteroatoms. The summed E-state index contributed by atoms with van der Waals surface area (Å²) in [5, 5.41) is 16.9. The Morgan fingerprint density at radius 2 is 1.76 bits per heavy atom. The molecule has 0 aliphatic carbocycles. The number of allylic oxidation sites excluding steroid dienone is 1. The van der Waals surface area contributed by atoms with Crippen LogP contribution in [0.1, 0.15) is 23.6 Å². The molecule has 2 aliphatic heterocycles. The lowest BCUT2D eigenvalue weighted by Gasteiger charge is -2.17. The Labute approximate surface area is 188 Å². The van der Waals surface area contributed by atoms with Crippen LogP contribution in [-0.2, 0) is 0 Å². The fourth-order valence-electron chi connectivity index (χ4n) is 3.57. The van der Waals surface area contributed by atoms with Crippen molar-refractivity contribution >= 4 is 23.6 Å². The van der Waals surface area contributed by atoms with Crippen LogP contribution in [0, 0.1) is 10.1 Å². The Bertz CT molecular complexity index is 1320. The number of carbonyl (C=O) groups excluding carboxylic acids is 1. The van der Waals surface area contributed by atoms with E-state index < -0.39 is 11.0 Å². The molecule has 1 amide bonds. The van der Waals surface area contributed by atoms with Gasteiger partial charge in [0, 0.05) is 29.0 Å². The third-order valence-corrected chi connectivity index (χ3v) is 5.17. The molecular weight excluding hydrogens is 426 g/mol. The van der Waals surface area contributed by atoms with Gasteiger partial charge in [-0.15, -0.1) is 0 Å². The molecule has 2 heterocycles. The van der Waals surface area contributed by atoms with E-state index in [4.69, 9.17) is 14.2 Å². The van der Waals surface area contributed by atoms with Gasteiger partial charge in [0.05, 0.1) is 10.6 Å². The number of rotatable bonds is 3. The van der Waals surface area contributed by atoms with Gasteiger partial charge in [0.15, 0.2) is 11.5 Å². The SMILES string of the molecule is CC1=Cc2cc3c(cc2C(c2ccc([N+](=O)[O-])cc2)=NN1C(=O)Oc1ccccc1)OCO3. The zero-order valence-electron chi connectivity index (χ0n) is 17.4. The Hall–Kier alpha value is -4.66. The van der Waals surface area contributed by atoms with E-state index in [1.807, 2.05) is 12.1 Å². The lowest BCUT2D eigenvalue weighted by Crippen LogP contribution is -2.28. The molecule has 0 saturated carbocycles. The number of nitrogens with zero attached hydrogens (tertiary/aromatic N) is 3. The molecule has 5 rings (SSSR count). The number of hydrogen-bond acceptors (Lipinski definition) is 7. The highest BCUT2D eigenvalue weighted by Crippen LogP contribution is 2.38. The van der Waals surface area contributed by atoms with Crippen molar-refractivity contribution in [2.75, 3.05) is 6.79 Å². The van der Waals surface area contributed by atoms with E-state index in [2.05, 4.69) is 5.10 Å². The van der Waals surface area contributed by atoms with Gasteiger partial charge in [0.25, 0.3) is 5.69 Å². The molecule has 3 aromatic carbocycles. The van der Waals surface area contributed by atoms with Gasteiger partial charge in [-0.3, -0.25) is 10.1 Å². The maximum Gasteiger partial charge on any atom is 0.440 e. The standard InChI is InChI=1S/C24H17N3O6/c1-15-11-17-12-21-22(32-14-31-21)13-20(17)23(16-7-9-18(10-8-16)27(29)30)25-26(15)24(28)33-19-5-3-2-4-6-19/h2-13H,14H2,1H3. The third-order valence-electron chi connectivity index (χ3n) is 5.17. The fourth-order valence-corrected chi connectivity index (χ4v) is 3.57. The zero-order chi connectivity index (χ0) is 22.9. The number of ether oxygens (including phenoxy) is 3. The number of carbonyl (C=O) groups is 1. The predicted molar refractivity (Wildman–Crippen MR) is 119 cm³/mol. The third kappa shape index (κ3) is 3.87. The van der Waals surface area contributed by atoms with Crippen LogP contribution in [0.25, 0.3) is 6.08 Å². The summed E-state index contributed by atoms with van der Waals surface area (Å²) >= 11 is 0. The zero-order valence-corrected chi connectivity index (χ0v) is 17.4. The van der Waals surface area contributed by atoms with Crippen molar-refractivity contribution in [3.05, 3.63) is 99.2 Å². The minimum atomic E-state index is -0.692. The van der Waals surface area contributed by atoms with Crippen molar-refractivity contribution in [2.45, 2.75) is 6.92 Å². The molecule has 0 aromatic heterocycles. The first-order valence-corrected chi connectivity index (χ1v) is 10.0. The van der Waals surface area contributed by atoms with E-state index >= 15 is 0 Å². The van der Waals surface area contributed by atoms with Crippen LogP contribution >= 0.6 is 0 Å². The number of fused-ring (bicyclic) bond motifs is 2. The smallest absolute Gasteiger partial charge is 0.440 e. The molecule has 0 fully saturated rings. The van der Waals surface area contributed by atoms with E-state index in [-0.39, 0.29) is 12.5 Å². The van der Waals surface area contributed by atoms with Gasteiger partial charge in [0.2, 0.25) is 6.79 Å². The van der Waals surface area contributed by atoms with Crippen molar-refractivity contribution in [3.8, 4) is 17.2 Å². The van der Waals surface area contributed by atoms with E-state index in [0.717, 1.165) is 10.6 Å². The molecule has 9 nitrogen and oxygen atoms in total. The minimum Gasteiger partial charge on any atom is -0.454 e. The summed E-state index contributed by atoms with van der Waals surface area (Å²) in [6, 6.07) is 18.2. The number of nitro groups is 1. The van der Waals surface area contributed by atoms with E-state index in [9.17, 15) is 14.9 Å². The van der Waals surface area contributed by atoms with Crippen LogP contribution < -0.4 is 14.2 Å². The van der Waals surface area contributed by atoms with E-state index in [0.29, 0.717) is 39.8 Å². The lowest BCUT2D eigenvalue weighted by molar-refractivity contribution is -0.384. The number of hydrazone groups is 1. The topological polar surface area (TPSA) is 104 Å². The van der Waals surface area contributed by atoms with E-state index in [1.54, 1.807) is 55.5 Å². The molecule has 0 spiro atoms. The average molecular weight is 443 g/mol. The largest absolute Gasteiger partial charge is 0.454 e. The normalized spacial score (nSPS) is 14.0. The van der Waals surface area contributed by atoms with Crippen LogP contribution in [0.3, 0.4) is 0 Å². The molecule has 0 atom stereocenters. The monoisotopic (exact) mass is 443 g/mol. The molecule has 33 heavy (non-hydrogen) atoms. The van der Waals surface area contributed by atoms with Crippen LogP contribution in [0.5, 0.6) is 17.2 Å². The van der Waals surface area contributed by atoms with Crippen LogP contribution in [0.4, 0.5) is 10.5 Å². The summed E-state index contributed by atoms with van der Waals surface area (Å²) in [5.74, 6) is 1.51. The number of non-ortho nitro benzene ring substituents is 1. The Morgan fingerprint density at radius 1 is 1.06 bits per heavy atom. The highest BCUT2D eigenvalue weighted by Gasteiger charge is 2.27. The second-order valence-electron chi connectivity index (χ2n) is 7.32. The van der Waals surface area contributed by atoms with Gasteiger partial charge >= 0.3 is 6.09 Å². The number of hydrogen-bond donors (Lipinski definition) is 0. The first-order valence-electron chi connectivity index (χ1n) is 10.0. The predicted octanol–water partition coefficient (Wildman–Crippen LogP) is 4.95. The van der Waals surface area contributed by atoms with Crippen molar-refractivity contribution < 1.29 is 23.9 Å². The first kappa shape index (κ1) is 20.3. The molecule has 164 valence electrons. The summed E-state index contributed by atoms with van der Waals surface area (Å²) < 4.78 is 16.5. The van der Waals surface area contributed by atoms with Crippen molar-refractivity contribution in [3.63, 3.8) is 0 Å². The summed E-state index contributed by atoms with van der Waals surface area (Å²) in [6.45, 7) is 1.85. The maximum absolute atomic E-state index is 13.0. The first-order chi connectivity index (χ1) is 16.0. The summed E-state index contributed by atoms with van der Waals surface area (Å²) in [4.78, 5) is 23.6. The second-order valence-corrected chi connectivity index (χ2v) is 7.32. The van der Waals surface area contributed by atoms with Crippen molar-refractivity contribution in [2.24, 2.45) is 5.10 Å². The molecule has 3 aromatic rings. The second kappa shape index (κ2) is 8.12. The van der Waals surface area contributed by atoms with Gasteiger partial charge in [0.1, 0.15) is 5.75 Å². The number of benzene rings is 3. The molecule has 0 N–H and O–H groups in total. The molecule has 0 saturated heterocycles. The molecule has 0 radical (unpaired) electrons. The number of nitro benzene ring substituents is 1. The van der Waals surface area contributed by atoms with E-state index in [1.165, 1.54) is 12.1 Å². The van der Waals surface area contributed by atoms with Gasteiger partial charge in [-0.1, -0.05) is 18.2 Å². The van der Waals surface area contributed by atoms with Gasteiger partial charge < -0.3 is 14.2 Å². The maximum atomic E-state index is 13.0. The Kier molecular flexibility index (Phi) is 4.98. The van der Waals surface area contributed by atoms with Crippen LogP contribution in [0.2, 0.25) is 0 Å².